The SMILES string of the molecule is CC(N)(C(=O)NCCC1CCCC1)c1ccc(Br)cc1.Cl. The van der Waals surface area contributed by atoms with E-state index in [9.17, 15) is 4.79 Å². The Balaban J connectivity index is 0.00000220. The monoisotopic (exact) mass is 374 g/mol. The smallest absolute Gasteiger partial charge is 0.244 e. The van der Waals surface area contributed by atoms with E-state index in [0.29, 0.717) is 0 Å². The third kappa shape index (κ3) is 4.97. The summed E-state index contributed by atoms with van der Waals surface area (Å²) in [7, 11) is 0. The first-order chi connectivity index (χ1) is 9.50. The highest BCUT2D eigenvalue weighted by Crippen LogP contribution is 2.27. The lowest BCUT2D eigenvalue weighted by Gasteiger charge is -2.24. The summed E-state index contributed by atoms with van der Waals surface area (Å²) in [5.74, 6) is 0.685. The van der Waals surface area contributed by atoms with E-state index in [0.717, 1.165) is 28.9 Å². The van der Waals surface area contributed by atoms with Crippen LogP contribution in [-0.2, 0) is 10.3 Å². The zero-order valence-electron chi connectivity index (χ0n) is 12.4. The number of carbonyl (C=O) groups is 1. The van der Waals surface area contributed by atoms with Gasteiger partial charge in [0.25, 0.3) is 0 Å². The van der Waals surface area contributed by atoms with Gasteiger partial charge < -0.3 is 11.1 Å². The Labute approximate surface area is 141 Å². The second kappa shape index (κ2) is 8.16. The van der Waals surface area contributed by atoms with Crippen LogP contribution in [0.4, 0.5) is 0 Å². The molecule has 118 valence electrons. The van der Waals surface area contributed by atoms with Gasteiger partial charge in [-0.3, -0.25) is 4.79 Å². The molecule has 1 saturated carbocycles. The first-order valence-corrected chi connectivity index (χ1v) is 8.12. The van der Waals surface area contributed by atoms with Crippen molar-refractivity contribution in [3.05, 3.63) is 34.3 Å². The molecule has 21 heavy (non-hydrogen) atoms. The molecule has 0 bridgehead atoms. The van der Waals surface area contributed by atoms with E-state index in [-0.39, 0.29) is 18.3 Å². The Morgan fingerprint density at radius 1 is 1.33 bits per heavy atom. The molecule has 1 fully saturated rings. The average molecular weight is 376 g/mol. The second-order valence-electron chi connectivity index (χ2n) is 5.90. The van der Waals surface area contributed by atoms with Gasteiger partial charge in [0.2, 0.25) is 5.91 Å². The summed E-state index contributed by atoms with van der Waals surface area (Å²) >= 11 is 3.39. The van der Waals surface area contributed by atoms with Gasteiger partial charge in [-0.05, 0) is 37.0 Å². The number of hydrogen-bond donors (Lipinski definition) is 2. The van der Waals surface area contributed by atoms with E-state index >= 15 is 0 Å². The van der Waals surface area contributed by atoms with Crippen LogP contribution in [0.15, 0.2) is 28.7 Å². The Morgan fingerprint density at radius 2 is 1.90 bits per heavy atom. The molecule has 1 amide bonds. The summed E-state index contributed by atoms with van der Waals surface area (Å²) in [6, 6.07) is 7.60. The topological polar surface area (TPSA) is 55.1 Å². The number of amides is 1. The number of halogens is 2. The summed E-state index contributed by atoms with van der Waals surface area (Å²) in [4.78, 5) is 12.3. The van der Waals surface area contributed by atoms with Crippen LogP contribution in [0.25, 0.3) is 0 Å². The molecule has 0 heterocycles. The highest BCUT2D eigenvalue weighted by molar-refractivity contribution is 9.10. The molecule has 0 radical (unpaired) electrons. The Morgan fingerprint density at radius 3 is 2.48 bits per heavy atom. The third-order valence-electron chi connectivity index (χ3n) is 4.23. The van der Waals surface area contributed by atoms with E-state index in [2.05, 4.69) is 21.2 Å². The maximum absolute atomic E-state index is 12.3. The van der Waals surface area contributed by atoms with E-state index in [1.165, 1.54) is 25.7 Å². The van der Waals surface area contributed by atoms with Crippen LogP contribution < -0.4 is 11.1 Å². The van der Waals surface area contributed by atoms with Gasteiger partial charge in [0.05, 0.1) is 0 Å². The lowest BCUT2D eigenvalue weighted by molar-refractivity contribution is -0.126. The molecular weight excluding hydrogens is 352 g/mol. The average Bonchev–Trinajstić information content (AvgIpc) is 2.92. The van der Waals surface area contributed by atoms with Gasteiger partial charge in [0.15, 0.2) is 0 Å². The lowest BCUT2D eigenvalue weighted by atomic mass is 9.92. The van der Waals surface area contributed by atoms with Crippen molar-refractivity contribution in [1.82, 2.24) is 5.32 Å². The van der Waals surface area contributed by atoms with Gasteiger partial charge in [0, 0.05) is 11.0 Å². The van der Waals surface area contributed by atoms with E-state index in [1.807, 2.05) is 24.3 Å². The maximum Gasteiger partial charge on any atom is 0.244 e. The van der Waals surface area contributed by atoms with Crippen molar-refractivity contribution in [2.45, 2.75) is 44.6 Å². The molecule has 3 nitrogen and oxygen atoms in total. The van der Waals surface area contributed by atoms with E-state index in [4.69, 9.17) is 5.73 Å². The Kier molecular flexibility index (Phi) is 7.17. The van der Waals surface area contributed by atoms with Crippen LogP contribution in [-0.4, -0.2) is 12.5 Å². The molecule has 1 aromatic rings. The molecule has 0 spiro atoms. The van der Waals surface area contributed by atoms with Crippen LogP contribution in [0, 0.1) is 5.92 Å². The lowest BCUT2D eigenvalue weighted by Crippen LogP contribution is -2.49. The minimum absolute atomic E-state index is 0. The summed E-state index contributed by atoms with van der Waals surface area (Å²) in [5, 5.41) is 2.99. The van der Waals surface area contributed by atoms with Crippen LogP contribution in [0.5, 0.6) is 0 Å². The van der Waals surface area contributed by atoms with Crippen LogP contribution >= 0.6 is 28.3 Å². The quantitative estimate of drug-likeness (QED) is 0.823. The molecule has 1 atom stereocenters. The maximum atomic E-state index is 12.3. The standard InChI is InChI=1S/C16H23BrN2O.ClH/c1-16(18,13-6-8-14(17)9-7-13)15(20)19-11-10-12-4-2-3-5-12;/h6-9,12H,2-5,10-11,18H2,1H3,(H,19,20);1H. The minimum atomic E-state index is -0.976. The fourth-order valence-corrected chi connectivity index (χ4v) is 3.06. The Bertz CT molecular complexity index is 456. The normalized spacial score (nSPS) is 17.9. The first kappa shape index (κ1) is 18.5. The molecule has 1 aliphatic carbocycles. The molecular formula is C16H24BrClN2O. The predicted octanol–water partition coefficient (Wildman–Crippen LogP) is 3.74. The molecule has 5 heteroatoms. The number of benzene rings is 1. The molecule has 1 aliphatic rings. The van der Waals surface area contributed by atoms with Gasteiger partial charge >= 0.3 is 0 Å². The molecule has 3 N–H and O–H groups in total. The number of nitrogens with one attached hydrogen (secondary N) is 1. The molecule has 0 saturated heterocycles. The molecule has 2 rings (SSSR count). The van der Waals surface area contributed by atoms with Crippen LogP contribution in [0.3, 0.4) is 0 Å². The number of nitrogens with two attached hydrogens (primary N) is 1. The van der Waals surface area contributed by atoms with Gasteiger partial charge in [-0.2, -0.15) is 0 Å². The van der Waals surface area contributed by atoms with Gasteiger partial charge in [0.1, 0.15) is 5.54 Å². The highest BCUT2D eigenvalue weighted by Gasteiger charge is 2.30. The number of rotatable bonds is 5. The van der Waals surface area contributed by atoms with Crippen LogP contribution in [0.2, 0.25) is 0 Å². The summed E-state index contributed by atoms with van der Waals surface area (Å²) in [6.07, 6.45) is 6.37. The zero-order chi connectivity index (χ0) is 14.6. The summed E-state index contributed by atoms with van der Waals surface area (Å²) in [5.41, 5.74) is 6.06. The fraction of sp³-hybridized carbons (Fsp3) is 0.562. The van der Waals surface area contributed by atoms with Crippen LogP contribution in [0.1, 0.15) is 44.6 Å². The largest absolute Gasteiger partial charge is 0.354 e. The first-order valence-electron chi connectivity index (χ1n) is 7.33. The van der Waals surface area contributed by atoms with Crippen molar-refractivity contribution in [1.29, 1.82) is 0 Å². The summed E-state index contributed by atoms with van der Waals surface area (Å²) in [6.45, 7) is 2.49. The third-order valence-corrected chi connectivity index (χ3v) is 4.76. The molecule has 0 aromatic heterocycles. The van der Waals surface area contributed by atoms with E-state index < -0.39 is 5.54 Å². The highest BCUT2D eigenvalue weighted by atomic mass is 79.9. The molecule has 1 unspecified atom stereocenters. The predicted molar refractivity (Wildman–Crippen MR) is 92.5 cm³/mol. The van der Waals surface area contributed by atoms with Gasteiger partial charge in [-0.25, -0.2) is 0 Å². The van der Waals surface area contributed by atoms with Gasteiger partial charge in [-0.15, -0.1) is 12.4 Å². The number of carbonyl (C=O) groups excluding carboxylic acids is 1. The van der Waals surface area contributed by atoms with Crippen molar-refractivity contribution >= 4 is 34.2 Å². The van der Waals surface area contributed by atoms with Crippen molar-refractivity contribution in [3.8, 4) is 0 Å². The second-order valence-corrected chi connectivity index (χ2v) is 6.82. The molecule has 0 aliphatic heterocycles. The van der Waals surface area contributed by atoms with Crippen molar-refractivity contribution in [2.75, 3.05) is 6.54 Å². The summed E-state index contributed by atoms with van der Waals surface area (Å²) < 4.78 is 0.985. The van der Waals surface area contributed by atoms with Gasteiger partial charge in [-0.1, -0.05) is 53.7 Å². The zero-order valence-corrected chi connectivity index (χ0v) is 14.8. The van der Waals surface area contributed by atoms with Crippen molar-refractivity contribution in [3.63, 3.8) is 0 Å². The van der Waals surface area contributed by atoms with Crippen molar-refractivity contribution in [2.24, 2.45) is 11.7 Å². The van der Waals surface area contributed by atoms with Crippen molar-refractivity contribution < 1.29 is 4.79 Å². The fourth-order valence-electron chi connectivity index (χ4n) is 2.80. The number of hydrogen-bond acceptors (Lipinski definition) is 2. The van der Waals surface area contributed by atoms with E-state index in [1.54, 1.807) is 6.92 Å². The molecule has 1 aromatic carbocycles. The minimum Gasteiger partial charge on any atom is -0.354 e. The Hall–Kier alpha value is -0.580.